The van der Waals surface area contributed by atoms with Crippen LogP contribution in [0.25, 0.3) is 10.2 Å². The topological polar surface area (TPSA) is 231 Å². The van der Waals surface area contributed by atoms with Gasteiger partial charge in [-0.25, -0.2) is 4.98 Å². The minimum atomic E-state index is -1.04. The van der Waals surface area contributed by atoms with Crippen molar-refractivity contribution in [2.75, 3.05) is 25.4 Å². The number of nitrogens with two attached hydrogens (primary N) is 1. The third-order valence-electron chi connectivity index (χ3n) is 8.36. The number of thioether (sulfide) groups is 1. The number of thiazole rings is 1. The lowest BCUT2D eigenvalue weighted by atomic mass is 10.0. The van der Waals surface area contributed by atoms with E-state index in [1.54, 1.807) is 23.1 Å². The number of primary amides is 1. The fraction of sp³-hybridized carbons (Fsp3) is 0.622. The van der Waals surface area contributed by atoms with Crippen LogP contribution in [0.4, 0.5) is 0 Å². The van der Waals surface area contributed by atoms with Crippen molar-refractivity contribution in [3.63, 3.8) is 0 Å². The highest BCUT2D eigenvalue weighted by Crippen LogP contribution is 2.29. The van der Waals surface area contributed by atoms with E-state index in [2.05, 4.69) is 43.0 Å². The van der Waals surface area contributed by atoms with E-state index >= 15 is 0 Å². The third-order valence-corrected chi connectivity index (χ3v) is 10.6. The number of carbonyl (C=O) groups excluding carboxylic acids is 7. The Balaban J connectivity index is 1.85. The molecule has 2 aromatic rings. The molecule has 0 radical (unpaired) electrons. The van der Waals surface area contributed by atoms with Gasteiger partial charge in [-0.3, -0.25) is 33.6 Å². The van der Waals surface area contributed by atoms with E-state index in [1.807, 2.05) is 18.2 Å². The van der Waals surface area contributed by atoms with Crippen LogP contribution in [0.3, 0.4) is 0 Å². The number of unbranched alkanes of at least 4 members (excludes halogenated alkanes) is 5. The zero-order valence-corrected chi connectivity index (χ0v) is 33.4. The maximum Gasteiger partial charge on any atom is 0.243 e. The van der Waals surface area contributed by atoms with E-state index in [0.29, 0.717) is 64.6 Å². The molecule has 54 heavy (non-hydrogen) atoms. The number of hydrogen-bond acceptors (Lipinski definition) is 10. The fourth-order valence-electron chi connectivity index (χ4n) is 5.52. The van der Waals surface area contributed by atoms with E-state index in [-0.39, 0.29) is 37.0 Å². The van der Waals surface area contributed by atoms with Crippen molar-refractivity contribution in [3.05, 3.63) is 24.3 Å². The summed E-state index contributed by atoms with van der Waals surface area (Å²) in [5, 5.41) is 16.3. The van der Waals surface area contributed by atoms with Gasteiger partial charge in [-0.15, -0.1) is 11.3 Å². The predicted octanol–water partition coefficient (Wildman–Crippen LogP) is 2.81. The molecule has 0 aliphatic heterocycles. The Morgan fingerprint density at radius 1 is 0.648 bits per heavy atom. The second-order valence-corrected chi connectivity index (χ2v) is 15.6. The van der Waals surface area contributed by atoms with Crippen molar-refractivity contribution in [2.45, 2.75) is 127 Å². The molecular weight excluding hydrogens is 733 g/mol. The first kappa shape index (κ1) is 45.9. The zero-order valence-electron chi connectivity index (χ0n) is 31.8. The first-order valence-corrected chi connectivity index (χ1v) is 20.6. The van der Waals surface area contributed by atoms with Crippen LogP contribution in [0.2, 0.25) is 0 Å². The number of hydrogen-bond donors (Lipinski definition) is 7. The first-order valence-electron chi connectivity index (χ1n) is 18.8. The van der Waals surface area contributed by atoms with Gasteiger partial charge in [0.05, 0.1) is 10.2 Å². The average Bonchev–Trinajstić information content (AvgIpc) is 3.53. The van der Waals surface area contributed by atoms with Gasteiger partial charge in [0.1, 0.15) is 18.1 Å². The molecule has 17 heteroatoms. The lowest BCUT2D eigenvalue weighted by Crippen LogP contribution is -2.56. The molecule has 300 valence electrons. The second kappa shape index (κ2) is 26.5. The number of nitrogens with zero attached hydrogens (tertiary/aromatic N) is 1. The molecule has 0 aliphatic rings. The monoisotopic (exact) mass is 790 g/mol. The lowest BCUT2D eigenvalue weighted by molar-refractivity contribution is -0.133. The van der Waals surface area contributed by atoms with Gasteiger partial charge in [0, 0.05) is 52.6 Å². The number of carbonyl (C=O) groups is 7. The van der Waals surface area contributed by atoms with Crippen molar-refractivity contribution in [1.29, 1.82) is 0 Å². The Morgan fingerprint density at radius 3 is 1.74 bits per heavy atom. The van der Waals surface area contributed by atoms with Crippen LogP contribution in [-0.4, -0.2) is 89.8 Å². The molecule has 1 aromatic heterocycles. The maximum atomic E-state index is 13.5. The maximum absolute atomic E-state index is 13.5. The molecule has 0 fully saturated rings. The smallest absolute Gasteiger partial charge is 0.243 e. The van der Waals surface area contributed by atoms with Crippen LogP contribution in [0.15, 0.2) is 28.6 Å². The summed E-state index contributed by atoms with van der Waals surface area (Å²) in [6.07, 6.45) is 7.07. The van der Waals surface area contributed by atoms with Crippen LogP contribution in [0, 0.1) is 0 Å². The molecule has 0 bridgehead atoms. The summed E-state index contributed by atoms with van der Waals surface area (Å²) >= 11 is 3.43. The van der Waals surface area contributed by atoms with Gasteiger partial charge < -0.3 is 37.6 Å². The largest absolute Gasteiger partial charge is 0.368 e. The number of rotatable bonds is 28. The lowest BCUT2D eigenvalue weighted by Gasteiger charge is -2.25. The van der Waals surface area contributed by atoms with Crippen molar-refractivity contribution in [3.8, 4) is 0 Å². The molecule has 3 atom stereocenters. The summed E-state index contributed by atoms with van der Waals surface area (Å²) in [5.74, 6) is -1.71. The normalized spacial score (nSPS) is 12.6. The van der Waals surface area contributed by atoms with Crippen molar-refractivity contribution in [2.24, 2.45) is 5.73 Å². The van der Waals surface area contributed by atoms with Crippen molar-refractivity contribution >= 4 is 74.7 Å². The molecule has 0 unspecified atom stereocenters. The summed E-state index contributed by atoms with van der Waals surface area (Å²) in [6, 6.07) is 5.14. The third kappa shape index (κ3) is 20.3. The Morgan fingerprint density at radius 2 is 1.19 bits per heavy atom. The summed E-state index contributed by atoms with van der Waals surface area (Å²) in [7, 11) is 0. The van der Waals surface area contributed by atoms with Gasteiger partial charge in [-0.2, -0.15) is 0 Å². The molecule has 8 N–H and O–H groups in total. The molecule has 15 nitrogen and oxygen atoms in total. The molecular formula is C37H58N8O7S2. The minimum absolute atomic E-state index is 0.0455. The van der Waals surface area contributed by atoms with Crippen molar-refractivity contribution < 1.29 is 33.6 Å². The fourth-order valence-corrected chi connectivity index (χ4v) is 7.65. The van der Waals surface area contributed by atoms with E-state index in [9.17, 15) is 33.6 Å². The Bertz CT molecular complexity index is 1490. The summed E-state index contributed by atoms with van der Waals surface area (Å²) in [4.78, 5) is 90.4. The molecule has 2 rings (SSSR count). The van der Waals surface area contributed by atoms with Gasteiger partial charge in [0.15, 0.2) is 4.34 Å². The average molecular weight is 791 g/mol. The van der Waals surface area contributed by atoms with Crippen LogP contribution in [0.1, 0.15) is 104 Å². The summed E-state index contributed by atoms with van der Waals surface area (Å²) in [6.45, 7) is 5.36. The van der Waals surface area contributed by atoms with Gasteiger partial charge in [0.2, 0.25) is 41.4 Å². The number of para-hydroxylation sites is 1. The molecule has 7 amide bonds. The van der Waals surface area contributed by atoms with Gasteiger partial charge in [-0.1, -0.05) is 30.3 Å². The van der Waals surface area contributed by atoms with Crippen LogP contribution in [-0.2, 0) is 33.6 Å². The molecule has 0 saturated carbocycles. The number of nitrogens with one attached hydrogen (secondary N) is 6. The van der Waals surface area contributed by atoms with Crippen LogP contribution >= 0.6 is 23.1 Å². The molecule has 1 heterocycles. The van der Waals surface area contributed by atoms with Crippen molar-refractivity contribution in [1.82, 2.24) is 36.9 Å². The Labute approximate surface area is 326 Å². The van der Waals surface area contributed by atoms with E-state index in [1.165, 1.54) is 25.5 Å². The SMILES string of the molecule is CC(=O)NCCCC[C@H](NC(=O)[C@H](CCCCNC(=O)CCCCCSc1nc2ccccc2s1)NC(=O)[C@H](CCCCNC(C)=O)NC(C)=O)C(N)=O. The minimum Gasteiger partial charge on any atom is -0.368 e. The molecule has 1 aromatic carbocycles. The zero-order chi connectivity index (χ0) is 39.7. The molecule has 0 aliphatic carbocycles. The van der Waals surface area contributed by atoms with E-state index < -0.39 is 41.8 Å². The number of aromatic nitrogens is 1. The number of amides is 7. The standard InChI is InChI=1S/C37H58N8O7S2/c1-25(46)39-21-11-8-16-29(34(38)50)43-36(52)31(44-35(51)30(42-27(3)48)17-9-12-22-40-26(2)47)18-10-13-23-41-33(49)20-5-4-14-24-53-37-45-28-15-6-7-19-32(28)54-37/h6-7,15,19,29-31H,4-5,8-14,16-18,20-24H2,1-3H3,(H2,38,50)(H,39,46)(H,40,47)(H,41,49)(H,42,48)(H,43,52)(H,44,51)/t29-,30-,31-/m0/s1. The molecule has 0 spiro atoms. The predicted molar refractivity (Wildman–Crippen MR) is 211 cm³/mol. The first-order chi connectivity index (χ1) is 25.8. The van der Waals surface area contributed by atoms with Gasteiger partial charge in [-0.05, 0) is 82.8 Å². The van der Waals surface area contributed by atoms with Gasteiger partial charge in [0.25, 0.3) is 0 Å². The summed E-state index contributed by atoms with van der Waals surface area (Å²) < 4.78 is 2.23. The highest BCUT2D eigenvalue weighted by atomic mass is 32.2. The van der Waals surface area contributed by atoms with Crippen LogP contribution < -0.4 is 37.6 Å². The Hall–Kier alpha value is -4.25. The van der Waals surface area contributed by atoms with E-state index in [0.717, 1.165) is 34.9 Å². The van der Waals surface area contributed by atoms with E-state index in [4.69, 9.17) is 5.73 Å². The second-order valence-electron chi connectivity index (χ2n) is 13.2. The molecule has 0 saturated heterocycles. The Kier molecular flexibility index (Phi) is 22.5. The van der Waals surface area contributed by atoms with Gasteiger partial charge >= 0.3 is 0 Å². The number of benzene rings is 1. The van der Waals surface area contributed by atoms with Crippen LogP contribution in [0.5, 0.6) is 0 Å². The highest BCUT2D eigenvalue weighted by molar-refractivity contribution is 8.01. The highest BCUT2D eigenvalue weighted by Gasteiger charge is 2.28. The quantitative estimate of drug-likeness (QED) is 0.0496. The summed E-state index contributed by atoms with van der Waals surface area (Å²) in [5.41, 5.74) is 6.60. The number of fused-ring (bicyclic) bond motifs is 1.